The molecular weight excluding hydrogens is 291 g/mol. The Morgan fingerprint density at radius 1 is 1.00 bits per heavy atom. The lowest BCUT2D eigenvalue weighted by molar-refractivity contribution is 0.631. The van der Waals surface area contributed by atoms with Crippen LogP contribution in [0.2, 0.25) is 0 Å². The van der Waals surface area contributed by atoms with E-state index in [4.69, 9.17) is 0 Å². The summed E-state index contributed by atoms with van der Waals surface area (Å²) in [7, 11) is 0. The van der Waals surface area contributed by atoms with E-state index in [0.29, 0.717) is 16.9 Å². The van der Waals surface area contributed by atoms with Crippen molar-refractivity contribution >= 4 is 22.4 Å². The van der Waals surface area contributed by atoms with Gasteiger partial charge in [0.25, 0.3) is 0 Å². The molecule has 4 aromatic rings. The molecule has 0 aliphatic rings. The molecule has 0 saturated heterocycles. The van der Waals surface area contributed by atoms with E-state index in [-0.39, 0.29) is 5.82 Å². The van der Waals surface area contributed by atoms with Gasteiger partial charge in [0.2, 0.25) is 0 Å². The van der Waals surface area contributed by atoms with Gasteiger partial charge in [0.15, 0.2) is 0 Å². The van der Waals surface area contributed by atoms with Gasteiger partial charge in [-0.1, -0.05) is 12.1 Å². The normalized spacial score (nSPS) is 10.8. The minimum absolute atomic E-state index is 0.291. The Morgan fingerprint density at radius 3 is 2.65 bits per heavy atom. The smallest absolute Gasteiger partial charge is 0.140 e. The number of halogens is 1. The molecule has 0 radical (unpaired) electrons. The van der Waals surface area contributed by atoms with Crippen molar-refractivity contribution in [3.8, 4) is 11.3 Å². The van der Waals surface area contributed by atoms with E-state index in [1.165, 1.54) is 6.07 Å². The molecule has 2 N–H and O–H groups in total. The third-order valence-electron chi connectivity index (χ3n) is 3.64. The van der Waals surface area contributed by atoms with Crippen LogP contribution in [0.4, 0.5) is 15.8 Å². The topological polar surface area (TPSA) is 53.6 Å². The van der Waals surface area contributed by atoms with Crippen molar-refractivity contribution in [1.29, 1.82) is 0 Å². The standard InChI is InChI=1S/C18H13FN4/c19-15-4-2-1-3-13(15)16-11-17(14-7-10-21-18(14)23-16)22-12-5-8-20-9-6-12/h1-11H,(H2,20,21,22,23). The number of rotatable bonds is 3. The molecule has 0 unspecified atom stereocenters. The first-order valence-corrected chi connectivity index (χ1v) is 7.21. The summed E-state index contributed by atoms with van der Waals surface area (Å²) in [5, 5.41) is 4.29. The van der Waals surface area contributed by atoms with Gasteiger partial charge in [-0.15, -0.1) is 0 Å². The second-order valence-electron chi connectivity index (χ2n) is 5.14. The maximum atomic E-state index is 14.1. The summed E-state index contributed by atoms with van der Waals surface area (Å²) < 4.78 is 14.1. The van der Waals surface area contributed by atoms with Gasteiger partial charge >= 0.3 is 0 Å². The minimum atomic E-state index is -0.291. The summed E-state index contributed by atoms with van der Waals surface area (Å²) in [5.41, 5.74) is 3.53. The number of fused-ring (bicyclic) bond motifs is 1. The van der Waals surface area contributed by atoms with Crippen LogP contribution in [-0.2, 0) is 0 Å². The maximum absolute atomic E-state index is 14.1. The fourth-order valence-corrected chi connectivity index (χ4v) is 2.54. The van der Waals surface area contributed by atoms with Crippen LogP contribution in [0.3, 0.4) is 0 Å². The zero-order valence-corrected chi connectivity index (χ0v) is 12.1. The van der Waals surface area contributed by atoms with Gasteiger partial charge in [-0.25, -0.2) is 9.37 Å². The Labute approximate surface area is 132 Å². The lowest BCUT2D eigenvalue weighted by atomic mass is 10.1. The average molecular weight is 304 g/mol. The SMILES string of the molecule is Fc1ccccc1-c1cc(Nc2ccncc2)c2cc[nH]c2n1. The molecule has 4 nitrogen and oxygen atoms in total. The number of H-pyrrole nitrogens is 1. The first-order chi connectivity index (χ1) is 11.3. The van der Waals surface area contributed by atoms with Crippen molar-refractivity contribution in [3.05, 3.63) is 72.9 Å². The molecule has 0 amide bonds. The Kier molecular flexibility index (Phi) is 3.24. The van der Waals surface area contributed by atoms with Crippen molar-refractivity contribution in [2.75, 3.05) is 5.32 Å². The average Bonchev–Trinajstić information content (AvgIpc) is 3.05. The molecule has 1 aromatic carbocycles. The van der Waals surface area contributed by atoms with Crippen LogP contribution in [0.15, 0.2) is 67.1 Å². The molecule has 23 heavy (non-hydrogen) atoms. The van der Waals surface area contributed by atoms with Gasteiger partial charge in [0.05, 0.1) is 11.4 Å². The molecule has 0 aliphatic carbocycles. The Hall–Kier alpha value is -3.21. The summed E-state index contributed by atoms with van der Waals surface area (Å²) in [4.78, 5) is 11.6. The molecule has 112 valence electrons. The van der Waals surface area contributed by atoms with Gasteiger partial charge in [-0.2, -0.15) is 0 Å². The molecule has 0 aliphatic heterocycles. The summed E-state index contributed by atoms with van der Waals surface area (Å²) in [6.07, 6.45) is 5.26. The van der Waals surface area contributed by atoms with Crippen LogP contribution in [0.1, 0.15) is 0 Å². The van der Waals surface area contributed by atoms with Crippen molar-refractivity contribution in [1.82, 2.24) is 15.0 Å². The van der Waals surface area contributed by atoms with Crippen LogP contribution in [0.25, 0.3) is 22.3 Å². The molecule has 0 saturated carbocycles. The highest BCUT2D eigenvalue weighted by Crippen LogP contribution is 2.30. The first kappa shape index (κ1) is 13.5. The number of nitrogens with zero attached hydrogens (tertiary/aromatic N) is 2. The number of hydrogen-bond acceptors (Lipinski definition) is 3. The molecule has 4 rings (SSSR count). The van der Waals surface area contributed by atoms with Crippen LogP contribution in [0, 0.1) is 5.82 Å². The third kappa shape index (κ3) is 2.53. The summed E-state index contributed by atoms with van der Waals surface area (Å²) >= 11 is 0. The van der Waals surface area contributed by atoms with Gasteiger partial charge in [-0.05, 0) is 36.4 Å². The van der Waals surface area contributed by atoms with Crippen LogP contribution in [0.5, 0.6) is 0 Å². The molecule has 0 atom stereocenters. The largest absolute Gasteiger partial charge is 0.355 e. The molecule has 3 aromatic heterocycles. The van der Waals surface area contributed by atoms with E-state index < -0.39 is 0 Å². The third-order valence-corrected chi connectivity index (χ3v) is 3.64. The van der Waals surface area contributed by atoms with E-state index in [9.17, 15) is 4.39 Å². The Balaban J connectivity index is 1.87. The lowest BCUT2D eigenvalue weighted by Gasteiger charge is -2.10. The van der Waals surface area contributed by atoms with Crippen LogP contribution in [-0.4, -0.2) is 15.0 Å². The minimum Gasteiger partial charge on any atom is -0.355 e. The van der Waals surface area contributed by atoms with E-state index >= 15 is 0 Å². The fraction of sp³-hybridized carbons (Fsp3) is 0. The molecule has 0 fully saturated rings. The molecule has 0 bridgehead atoms. The predicted molar refractivity (Wildman–Crippen MR) is 89.0 cm³/mol. The summed E-state index contributed by atoms with van der Waals surface area (Å²) in [6, 6.07) is 14.2. The summed E-state index contributed by atoms with van der Waals surface area (Å²) in [6.45, 7) is 0. The van der Waals surface area contributed by atoms with E-state index in [1.807, 2.05) is 30.5 Å². The van der Waals surface area contributed by atoms with E-state index in [2.05, 4.69) is 20.3 Å². The predicted octanol–water partition coefficient (Wildman–Crippen LogP) is 4.51. The molecular formula is C18H13FN4. The van der Waals surface area contributed by atoms with Crippen molar-refractivity contribution in [2.24, 2.45) is 0 Å². The second-order valence-corrected chi connectivity index (χ2v) is 5.14. The van der Waals surface area contributed by atoms with Crippen molar-refractivity contribution in [2.45, 2.75) is 0 Å². The monoisotopic (exact) mass is 304 g/mol. The first-order valence-electron chi connectivity index (χ1n) is 7.21. The quantitative estimate of drug-likeness (QED) is 0.585. The number of aromatic amines is 1. The number of aromatic nitrogens is 3. The van der Waals surface area contributed by atoms with Crippen molar-refractivity contribution < 1.29 is 4.39 Å². The highest BCUT2D eigenvalue weighted by atomic mass is 19.1. The summed E-state index contributed by atoms with van der Waals surface area (Å²) in [5.74, 6) is -0.291. The highest BCUT2D eigenvalue weighted by Gasteiger charge is 2.11. The van der Waals surface area contributed by atoms with Crippen LogP contribution < -0.4 is 5.32 Å². The van der Waals surface area contributed by atoms with Crippen LogP contribution >= 0.6 is 0 Å². The Bertz CT molecular complexity index is 963. The van der Waals surface area contributed by atoms with E-state index in [0.717, 1.165) is 16.8 Å². The Morgan fingerprint density at radius 2 is 1.83 bits per heavy atom. The number of pyridine rings is 2. The highest BCUT2D eigenvalue weighted by molar-refractivity contribution is 5.93. The van der Waals surface area contributed by atoms with Crippen molar-refractivity contribution in [3.63, 3.8) is 0 Å². The maximum Gasteiger partial charge on any atom is 0.140 e. The van der Waals surface area contributed by atoms with Gasteiger partial charge in [0.1, 0.15) is 11.5 Å². The molecule has 5 heteroatoms. The lowest BCUT2D eigenvalue weighted by Crippen LogP contribution is -1.95. The molecule has 3 heterocycles. The zero-order valence-electron chi connectivity index (χ0n) is 12.1. The fourth-order valence-electron chi connectivity index (χ4n) is 2.54. The second kappa shape index (κ2) is 5.53. The number of hydrogen-bond donors (Lipinski definition) is 2. The number of nitrogens with one attached hydrogen (secondary N) is 2. The van der Waals surface area contributed by atoms with Gasteiger partial charge in [0, 0.05) is 35.2 Å². The van der Waals surface area contributed by atoms with Gasteiger partial charge in [-0.3, -0.25) is 4.98 Å². The number of anilines is 2. The van der Waals surface area contributed by atoms with E-state index in [1.54, 1.807) is 30.6 Å². The zero-order chi connectivity index (χ0) is 15.6. The van der Waals surface area contributed by atoms with Gasteiger partial charge < -0.3 is 10.3 Å². The molecule has 0 spiro atoms. The number of benzene rings is 1.